The van der Waals surface area contributed by atoms with Crippen molar-refractivity contribution in [2.75, 3.05) is 19.5 Å². The Morgan fingerprint density at radius 2 is 2.11 bits per heavy atom. The van der Waals surface area contributed by atoms with Gasteiger partial charge in [-0.15, -0.1) is 0 Å². The molecule has 1 rings (SSSR count). The van der Waals surface area contributed by atoms with Crippen LogP contribution < -0.4 is 10.5 Å². The molecule has 0 saturated heterocycles. The molecule has 1 unspecified atom stereocenters. The Balaban J connectivity index is 3.13. The maximum atomic E-state index is 12.4. The fourth-order valence-corrected chi connectivity index (χ4v) is 3.90. The van der Waals surface area contributed by atoms with E-state index < -0.39 is 10.0 Å². The lowest BCUT2D eigenvalue weighted by Gasteiger charge is -2.18. The number of nitrogen functional groups attached to an aromatic ring is 1. The van der Waals surface area contributed by atoms with Crippen molar-refractivity contribution in [1.82, 2.24) is 4.72 Å². The topological polar surface area (TPSA) is 81.4 Å². The van der Waals surface area contributed by atoms with Gasteiger partial charge in [-0.25, -0.2) is 13.1 Å². The van der Waals surface area contributed by atoms with Crippen LogP contribution in [0.1, 0.15) is 18.9 Å². The lowest BCUT2D eigenvalue weighted by molar-refractivity contribution is 0.173. The lowest BCUT2D eigenvalue weighted by Crippen LogP contribution is -2.37. The molecule has 0 aromatic heterocycles. The average Bonchev–Trinajstić information content (AvgIpc) is 2.32. The molecule has 0 radical (unpaired) electrons. The minimum Gasteiger partial charge on any atom is -0.398 e. The van der Waals surface area contributed by atoms with Gasteiger partial charge in [0.05, 0.1) is 11.5 Å². The van der Waals surface area contributed by atoms with E-state index in [0.29, 0.717) is 28.8 Å². The Hall–Kier alpha value is -0.630. The first-order valence-electron chi connectivity index (χ1n) is 5.88. The highest BCUT2D eigenvalue weighted by Crippen LogP contribution is 2.26. The summed E-state index contributed by atoms with van der Waals surface area (Å²) >= 11 is 3.26. The Bertz CT molecular complexity index is 546. The number of ether oxygens (including phenoxy) is 1. The first-order valence-corrected chi connectivity index (χ1v) is 8.16. The number of sulfonamides is 1. The second-order valence-corrected chi connectivity index (χ2v) is 6.90. The summed E-state index contributed by atoms with van der Waals surface area (Å²) in [7, 11) is -2.07. The minimum absolute atomic E-state index is 0.189. The van der Waals surface area contributed by atoms with E-state index in [-0.39, 0.29) is 10.9 Å². The van der Waals surface area contributed by atoms with Crippen LogP contribution >= 0.6 is 15.9 Å². The molecule has 0 aliphatic rings. The van der Waals surface area contributed by atoms with Gasteiger partial charge in [0, 0.05) is 23.3 Å². The van der Waals surface area contributed by atoms with Crippen molar-refractivity contribution in [2.45, 2.75) is 31.2 Å². The van der Waals surface area contributed by atoms with Gasteiger partial charge in [0.2, 0.25) is 10.0 Å². The summed E-state index contributed by atoms with van der Waals surface area (Å²) in [6, 6.07) is 2.98. The van der Waals surface area contributed by atoms with Crippen molar-refractivity contribution in [2.24, 2.45) is 0 Å². The Morgan fingerprint density at radius 1 is 1.47 bits per heavy atom. The summed E-state index contributed by atoms with van der Waals surface area (Å²) in [6.45, 7) is 3.92. The van der Waals surface area contributed by atoms with Gasteiger partial charge in [0.15, 0.2) is 0 Å². The van der Waals surface area contributed by atoms with Crippen LogP contribution in [0.5, 0.6) is 0 Å². The van der Waals surface area contributed by atoms with Gasteiger partial charge in [-0.3, -0.25) is 0 Å². The zero-order valence-corrected chi connectivity index (χ0v) is 13.6. The molecule has 0 amide bonds. The summed E-state index contributed by atoms with van der Waals surface area (Å²) in [6.07, 6.45) is 0.648. The van der Waals surface area contributed by atoms with Crippen LogP contribution in [0, 0.1) is 6.92 Å². The largest absolute Gasteiger partial charge is 0.398 e. The van der Waals surface area contributed by atoms with Gasteiger partial charge >= 0.3 is 0 Å². The average molecular weight is 351 g/mol. The standard InChI is InChI=1S/C12H19BrN2O3S/c1-4-10(7-18-3)15-19(16,17)12-6-9(13)5-11(14)8(12)2/h5-6,10,15H,4,7,14H2,1-3H3. The van der Waals surface area contributed by atoms with Gasteiger partial charge in [0.25, 0.3) is 0 Å². The number of nitrogens with two attached hydrogens (primary N) is 1. The van der Waals surface area contributed by atoms with Crippen molar-refractivity contribution in [3.05, 3.63) is 22.2 Å². The molecular formula is C12H19BrN2O3S. The molecule has 0 saturated carbocycles. The molecule has 1 atom stereocenters. The Morgan fingerprint density at radius 3 is 2.63 bits per heavy atom. The Kier molecular flexibility index (Phi) is 5.79. The minimum atomic E-state index is -3.61. The molecule has 0 aliphatic carbocycles. The smallest absolute Gasteiger partial charge is 0.241 e. The van der Waals surface area contributed by atoms with Crippen molar-refractivity contribution < 1.29 is 13.2 Å². The van der Waals surface area contributed by atoms with Crippen LogP contribution in [0.4, 0.5) is 5.69 Å². The maximum Gasteiger partial charge on any atom is 0.241 e. The zero-order valence-electron chi connectivity index (χ0n) is 11.2. The molecule has 0 heterocycles. The van der Waals surface area contributed by atoms with Crippen molar-refractivity contribution in [3.8, 4) is 0 Å². The van der Waals surface area contributed by atoms with E-state index in [1.54, 1.807) is 26.2 Å². The number of anilines is 1. The molecule has 1 aromatic carbocycles. The summed E-state index contributed by atoms with van der Waals surface area (Å²) in [5.41, 5.74) is 6.78. The molecule has 108 valence electrons. The fourth-order valence-electron chi connectivity index (χ4n) is 1.67. The van der Waals surface area contributed by atoms with Gasteiger partial charge in [-0.1, -0.05) is 22.9 Å². The monoisotopic (exact) mass is 350 g/mol. The highest BCUT2D eigenvalue weighted by Gasteiger charge is 2.22. The zero-order chi connectivity index (χ0) is 14.6. The predicted octanol–water partition coefficient (Wildman–Crippen LogP) is 2.04. The quantitative estimate of drug-likeness (QED) is 0.769. The first kappa shape index (κ1) is 16.4. The van der Waals surface area contributed by atoms with E-state index in [2.05, 4.69) is 20.7 Å². The fraction of sp³-hybridized carbons (Fsp3) is 0.500. The van der Waals surface area contributed by atoms with Gasteiger partial charge in [0.1, 0.15) is 0 Å². The summed E-state index contributed by atoms with van der Waals surface area (Å²) < 4.78 is 33.0. The van der Waals surface area contributed by atoms with E-state index >= 15 is 0 Å². The van der Waals surface area contributed by atoms with E-state index in [0.717, 1.165) is 0 Å². The summed E-state index contributed by atoms with van der Waals surface area (Å²) in [5, 5.41) is 0. The number of hydrogen-bond acceptors (Lipinski definition) is 4. The van der Waals surface area contributed by atoms with E-state index in [1.807, 2.05) is 6.92 Å². The Labute approximate surface area is 122 Å². The van der Waals surface area contributed by atoms with Gasteiger partial charge < -0.3 is 10.5 Å². The van der Waals surface area contributed by atoms with Crippen LogP contribution in [0.2, 0.25) is 0 Å². The van der Waals surface area contributed by atoms with E-state index in [1.165, 1.54) is 0 Å². The summed E-state index contributed by atoms with van der Waals surface area (Å²) in [5.74, 6) is 0. The predicted molar refractivity (Wildman–Crippen MR) is 79.6 cm³/mol. The normalized spacial score (nSPS) is 13.5. The third kappa shape index (κ3) is 4.17. The van der Waals surface area contributed by atoms with Crippen molar-refractivity contribution >= 4 is 31.6 Å². The van der Waals surface area contributed by atoms with Crippen LogP contribution in [0.25, 0.3) is 0 Å². The lowest BCUT2D eigenvalue weighted by atomic mass is 10.2. The molecule has 7 heteroatoms. The highest BCUT2D eigenvalue weighted by molar-refractivity contribution is 9.10. The molecule has 19 heavy (non-hydrogen) atoms. The number of nitrogens with one attached hydrogen (secondary N) is 1. The molecule has 0 spiro atoms. The SMILES string of the molecule is CCC(COC)NS(=O)(=O)c1cc(Br)cc(N)c1C. The molecule has 0 aliphatic heterocycles. The summed E-state index contributed by atoms with van der Waals surface area (Å²) in [4.78, 5) is 0.189. The number of benzene rings is 1. The molecule has 5 nitrogen and oxygen atoms in total. The number of methoxy groups -OCH3 is 1. The second kappa shape index (κ2) is 6.69. The van der Waals surface area contributed by atoms with Crippen molar-refractivity contribution in [1.29, 1.82) is 0 Å². The molecule has 0 bridgehead atoms. The van der Waals surface area contributed by atoms with Crippen LogP contribution in [-0.2, 0) is 14.8 Å². The molecule has 1 aromatic rings. The maximum absolute atomic E-state index is 12.4. The third-order valence-electron chi connectivity index (χ3n) is 2.84. The van der Waals surface area contributed by atoms with Gasteiger partial charge in [-0.2, -0.15) is 0 Å². The van der Waals surface area contributed by atoms with Crippen LogP contribution in [-0.4, -0.2) is 28.2 Å². The number of halogens is 1. The number of rotatable bonds is 6. The third-order valence-corrected chi connectivity index (χ3v) is 4.94. The molecular weight excluding hydrogens is 332 g/mol. The highest BCUT2D eigenvalue weighted by atomic mass is 79.9. The van der Waals surface area contributed by atoms with Crippen LogP contribution in [0.15, 0.2) is 21.5 Å². The molecule has 0 fully saturated rings. The first-order chi connectivity index (χ1) is 8.81. The number of hydrogen-bond donors (Lipinski definition) is 2. The van der Waals surface area contributed by atoms with E-state index in [4.69, 9.17) is 10.5 Å². The molecule has 3 N–H and O–H groups in total. The van der Waals surface area contributed by atoms with Crippen LogP contribution in [0.3, 0.4) is 0 Å². The van der Waals surface area contributed by atoms with Gasteiger partial charge in [-0.05, 0) is 31.0 Å². The van der Waals surface area contributed by atoms with E-state index in [9.17, 15) is 8.42 Å². The van der Waals surface area contributed by atoms with Crippen molar-refractivity contribution in [3.63, 3.8) is 0 Å². The second-order valence-electron chi connectivity index (χ2n) is 4.30.